The van der Waals surface area contributed by atoms with Gasteiger partial charge in [-0.15, -0.1) is 0 Å². The van der Waals surface area contributed by atoms with E-state index in [1.807, 2.05) is 41.3 Å². The Balaban J connectivity index is 1.40. The number of carbonyl (C=O) groups excluding carboxylic acids is 1. The van der Waals surface area contributed by atoms with Gasteiger partial charge in [0, 0.05) is 36.9 Å². The van der Waals surface area contributed by atoms with E-state index in [9.17, 15) is 4.79 Å². The van der Waals surface area contributed by atoms with Gasteiger partial charge in [-0.25, -0.2) is 0 Å². The Morgan fingerprint density at radius 2 is 1.87 bits per heavy atom. The minimum absolute atomic E-state index is 0.134. The Kier molecular flexibility index (Phi) is 3.61. The van der Waals surface area contributed by atoms with Crippen LogP contribution >= 0.6 is 0 Å². The molecule has 0 spiro atoms. The van der Waals surface area contributed by atoms with Crippen LogP contribution in [0, 0.1) is 0 Å². The molecule has 0 radical (unpaired) electrons. The van der Waals surface area contributed by atoms with E-state index in [1.54, 1.807) is 0 Å². The van der Waals surface area contributed by atoms with Crippen molar-refractivity contribution in [2.24, 2.45) is 0 Å². The first kappa shape index (κ1) is 14.1. The molecule has 0 bridgehead atoms. The number of piperidine rings is 1. The first-order chi connectivity index (χ1) is 11.3. The van der Waals surface area contributed by atoms with Crippen molar-refractivity contribution in [2.45, 2.75) is 25.3 Å². The summed E-state index contributed by atoms with van der Waals surface area (Å²) in [6.07, 6.45) is 6.51. The Morgan fingerprint density at radius 3 is 2.65 bits per heavy atom. The molecule has 0 N–H and O–H groups in total. The summed E-state index contributed by atoms with van der Waals surface area (Å²) in [5, 5.41) is 4.99. The molecule has 1 aliphatic rings. The molecule has 3 heterocycles. The summed E-state index contributed by atoms with van der Waals surface area (Å²) in [4.78, 5) is 14.5. The largest absolute Gasteiger partial charge is 0.356 e. The number of hydrogen-bond donors (Lipinski definition) is 0. The van der Waals surface area contributed by atoms with Crippen LogP contribution in [0.2, 0.25) is 0 Å². The summed E-state index contributed by atoms with van der Waals surface area (Å²) in [6, 6.07) is 12.3. The van der Waals surface area contributed by atoms with Crippen molar-refractivity contribution >= 4 is 16.9 Å². The fraction of sp³-hybridized carbons (Fsp3) is 0.333. The zero-order valence-electron chi connectivity index (χ0n) is 12.9. The number of likely N-dealkylation sites (tertiary alicyclic amines) is 1. The molecule has 0 atom stereocenters. The number of nitrogens with zero attached hydrogens (tertiary/aromatic N) is 3. The van der Waals surface area contributed by atoms with Crippen LogP contribution < -0.4 is 0 Å². The van der Waals surface area contributed by atoms with Gasteiger partial charge in [-0.05, 0) is 37.1 Å². The Hall–Kier alpha value is -2.56. The standard InChI is InChI=1S/C18H19N3O2/c22-18(13-16-15-5-1-2-6-17(15)23-19-16)21-11-7-14(8-12-21)20-9-3-4-10-20/h1-6,9-10,14H,7-8,11-13H2. The van der Waals surface area contributed by atoms with E-state index >= 15 is 0 Å². The number of rotatable bonds is 3. The summed E-state index contributed by atoms with van der Waals surface area (Å²) in [5.41, 5.74) is 1.47. The van der Waals surface area contributed by atoms with Gasteiger partial charge in [0.15, 0.2) is 5.58 Å². The minimum atomic E-state index is 0.134. The molecule has 1 amide bonds. The van der Waals surface area contributed by atoms with Crippen molar-refractivity contribution in [3.05, 3.63) is 54.5 Å². The van der Waals surface area contributed by atoms with Crippen molar-refractivity contribution in [3.63, 3.8) is 0 Å². The SMILES string of the molecule is O=C(Cc1noc2ccccc12)N1CCC(n2cccc2)CC1. The summed E-state index contributed by atoms with van der Waals surface area (Å²) in [7, 11) is 0. The van der Waals surface area contributed by atoms with Crippen LogP contribution in [-0.2, 0) is 11.2 Å². The van der Waals surface area contributed by atoms with Crippen LogP contribution in [0.25, 0.3) is 11.0 Å². The molecule has 3 aromatic rings. The number of benzene rings is 1. The van der Waals surface area contributed by atoms with Crippen LogP contribution in [0.4, 0.5) is 0 Å². The highest BCUT2D eigenvalue weighted by Crippen LogP contribution is 2.24. The maximum absolute atomic E-state index is 12.5. The summed E-state index contributed by atoms with van der Waals surface area (Å²) in [5.74, 6) is 0.134. The van der Waals surface area contributed by atoms with Crippen molar-refractivity contribution in [3.8, 4) is 0 Å². The van der Waals surface area contributed by atoms with E-state index in [4.69, 9.17) is 4.52 Å². The highest BCUT2D eigenvalue weighted by Gasteiger charge is 2.24. The van der Waals surface area contributed by atoms with Gasteiger partial charge >= 0.3 is 0 Å². The third kappa shape index (κ3) is 2.74. The number of para-hydroxylation sites is 1. The number of aromatic nitrogens is 2. The lowest BCUT2D eigenvalue weighted by atomic mass is 10.0. The van der Waals surface area contributed by atoms with Gasteiger partial charge in [0.05, 0.1) is 6.42 Å². The second-order valence-electron chi connectivity index (χ2n) is 6.04. The van der Waals surface area contributed by atoms with Gasteiger partial charge in [0.1, 0.15) is 5.69 Å². The minimum Gasteiger partial charge on any atom is -0.356 e. The zero-order valence-corrected chi connectivity index (χ0v) is 12.9. The average molecular weight is 309 g/mol. The van der Waals surface area contributed by atoms with Gasteiger partial charge in [-0.1, -0.05) is 17.3 Å². The molecule has 118 valence electrons. The third-order valence-electron chi connectivity index (χ3n) is 4.64. The number of hydrogen-bond acceptors (Lipinski definition) is 3. The van der Waals surface area contributed by atoms with Gasteiger partial charge in [-0.2, -0.15) is 0 Å². The molecular formula is C18H19N3O2. The van der Waals surface area contributed by atoms with E-state index in [-0.39, 0.29) is 5.91 Å². The fourth-order valence-corrected chi connectivity index (χ4v) is 3.33. The molecule has 5 nitrogen and oxygen atoms in total. The van der Waals surface area contributed by atoms with Crippen LogP contribution in [0.15, 0.2) is 53.3 Å². The number of amides is 1. The molecule has 0 saturated carbocycles. The molecule has 1 aliphatic heterocycles. The smallest absolute Gasteiger partial charge is 0.228 e. The molecule has 1 aromatic carbocycles. The van der Waals surface area contributed by atoms with Crippen molar-refractivity contribution < 1.29 is 9.32 Å². The van der Waals surface area contributed by atoms with E-state index in [2.05, 4.69) is 22.1 Å². The highest BCUT2D eigenvalue weighted by molar-refractivity contribution is 5.86. The summed E-state index contributed by atoms with van der Waals surface area (Å²) < 4.78 is 7.52. The number of carbonyl (C=O) groups is 1. The lowest BCUT2D eigenvalue weighted by Crippen LogP contribution is -2.39. The topological polar surface area (TPSA) is 51.3 Å². The molecule has 0 aliphatic carbocycles. The average Bonchev–Trinajstić information content (AvgIpc) is 3.25. The van der Waals surface area contributed by atoms with Crippen molar-refractivity contribution in [1.29, 1.82) is 0 Å². The van der Waals surface area contributed by atoms with E-state index in [1.165, 1.54) is 0 Å². The Labute approximate surface area is 134 Å². The Bertz CT molecular complexity index is 799. The molecule has 2 aromatic heterocycles. The van der Waals surface area contributed by atoms with E-state index in [0.29, 0.717) is 12.5 Å². The first-order valence-electron chi connectivity index (χ1n) is 8.05. The van der Waals surface area contributed by atoms with Crippen LogP contribution in [-0.4, -0.2) is 33.6 Å². The Morgan fingerprint density at radius 1 is 1.13 bits per heavy atom. The van der Waals surface area contributed by atoms with Gasteiger partial charge in [-0.3, -0.25) is 4.79 Å². The normalized spacial score (nSPS) is 16.1. The third-order valence-corrected chi connectivity index (χ3v) is 4.64. The zero-order chi connectivity index (χ0) is 15.6. The predicted molar refractivity (Wildman–Crippen MR) is 87.0 cm³/mol. The molecule has 0 unspecified atom stereocenters. The lowest BCUT2D eigenvalue weighted by Gasteiger charge is -2.32. The summed E-state index contributed by atoms with van der Waals surface area (Å²) in [6.45, 7) is 1.61. The predicted octanol–water partition coefficient (Wildman–Crippen LogP) is 3.04. The van der Waals surface area contributed by atoms with Crippen LogP contribution in [0.1, 0.15) is 24.6 Å². The lowest BCUT2D eigenvalue weighted by molar-refractivity contribution is -0.131. The summed E-state index contributed by atoms with van der Waals surface area (Å²) >= 11 is 0. The molecule has 23 heavy (non-hydrogen) atoms. The second kappa shape index (κ2) is 5.91. The van der Waals surface area contributed by atoms with Gasteiger partial charge in [0.2, 0.25) is 5.91 Å². The second-order valence-corrected chi connectivity index (χ2v) is 6.04. The molecule has 1 fully saturated rings. The van der Waals surface area contributed by atoms with Gasteiger partial charge < -0.3 is 14.0 Å². The number of fused-ring (bicyclic) bond motifs is 1. The molecule has 4 rings (SSSR count). The van der Waals surface area contributed by atoms with Gasteiger partial charge in [0.25, 0.3) is 0 Å². The highest BCUT2D eigenvalue weighted by atomic mass is 16.5. The van der Waals surface area contributed by atoms with E-state index < -0.39 is 0 Å². The van der Waals surface area contributed by atoms with Crippen molar-refractivity contribution in [2.75, 3.05) is 13.1 Å². The fourth-order valence-electron chi connectivity index (χ4n) is 3.33. The van der Waals surface area contributed by atoms with Crippen LogP contribution in [0.3, 0.4) is 0 Å². The maximum atomic E-state index is 12.5. The molecule has 1 saturated heterocycles. The molecule has 5 heteroatoms. The monoisotopic (exact) mass is 309 g/mol. The van der Waals surface area contributed by atoms with Crippen LogP contribution in [0.5, 0.6) is 0 Å². The van der Waals surface area contributed by atoms with Crippen molar-refractivity contribution in [1.82, 2.24) is 14.6 Å². The van der Waals surface area contributed by atoms with E-state index in [0.717, 1.165) is 42.6 Å². The quantitative estimate of drug-likeness (QED) is 0.747. The molecular weight excluding hydrogens is 290 g/mol. The first-order valence-corrected chi connectivity index (χ1v) is 8.05. The maximum Gasteiger partial charge on any atom is 0.228 e.